The predicted octanol–water partition coefficient (Wildman–Crippen LogP) is 16.4. The number of hydrogen-bond acceptors (Lipinski definition) is 6. The molecular weight excluding hydrogens is 974 g/mol. The maximum atomic E-state index is 3.97. The maximum absolute atomic E-state index is 3.97. The molecule has 0 aliphatic rings. The Bertz CT molecular complexity index is 1500. The molecule has 0 aliphatic heterocycles. The summed E-state index contributed by atoms with van der Waals surface area (Å²) < 4.78 is 3.75. The smallest absolute Gasteiger partial charge is 0.0824 e. The molecule has 3 aromatic carbocycles. The largest absolute Gasteiger partial charge is 0.374 e. The predicted molar refractivity (Wildman–Crippen MR) is 286 cm³/mol. The average Bonchev–Trinajstić information content (AvgIpc) is 3.97. The minimum atomic E-state index is 0. The molecule has 0 bridgehead atoms. The summed E-state index contributed by atoms with van der Waals surface area (Å²) in [6, 6.07) is 36.0. The number of aromatic nitrogens is 8. The van der Waals surface area contributed by atoms with Crippen LogP contribution >= 0.6 is 0 Å². The van der Waals surface area contributed by atoms with Crippen molar-refractivity contribution in [2.45, 2.75) is 184 Å². The Labute approximate surface area is 465 Å². The minimum absolute atomic E-state index is 0. The van der Waals surface area contributed by atoms with Gasteiger partial charge in [-0.3, -0.25) is 0 Å². The minimum Gasteiger partial charge on any atom is -0.374 e. The second-order valence-corrected chi connectivity index (χ2v) is 17.8. The molecular formula is C57H98N8Y2-2. The second-order valence-electron chi connectivity index (χ2n) is 17.8. The van der Waals surface area contributed by atoms with E-state index in [0.29, 0.717) is 12.1 Å². The molecule has 0 atom stereocenters. The van der Waals surface area contributed by atoms with E-state index in [4.69, 9.17) is 0 Å². The Kier molecular flexibility index (Phi) is 67.3. The fraction of sp³-hybridized carbons (Fsp3) is 0.544. The van der Waals surface area contributed by atoms with Crippen molar-refractivity contribution >= 4 is 0 Å². The molecule has 0 aliphatic carbocycles. The third kappa shape index (κ3) is 67.6. The Hall–Kier alpha value is -2.77. The van der Waals surface area contributed by atoms with Gasteiger partial charge in [0.15, 0.2) is 0 Å². The fourth-order valence-corrected chi connectivity index (χ4v) is 3.45. The molecule has 3 aromatic heterocycles. The average molecular weight is 1070 g/mol. The van der Waals surface area contributed by atoms with Gasteiger partial charge < -0.3 is 9.97 Å². The van der Waals surface area contributed by atoms with Gasteiger partial charge in [-0.15, -0.1) is 16.3 Å². The first-order valence-corrected chi connectivity index (χ1v) is 23.7. The zero-order valence-corrected chi connectivity index (χ0v) is 51.2. The molecule has 0 saturated carbocycles. The van der Waals surface area contributed by atoms with E-state index in [0.717, 1.165) is 60.7 Å². The molecule has 0 unspecified atom stereocenters. The van der Waals surface area contributed by atoms with Crippen LogP contribution in [-0.4, -0.2) is 40.0 Å². The fourth-order valence-electron chi connectivity index (χ4n) is 3.45. The van der Waals surface area contributed by atoms with Crippen LogP contribution in [0.15, 0.2) is 122 Å². The van der Waals surface area contributed by atoms with Crippen LogP contribution in [0.4, 0.5) is 0 Å². The van der Waals surface area contributed by atoms with Crippen molar-refractivity contribution < 1.29 is 65.4 Å². The van der Waals surface area contributed by atoms with Crippen LogP contribution in [0.2, 0.25) is 0 Å². The molecule has 2 radical (unpaired) electrons. The van der Waals surface area contributed by atoms with E-state index in [2.05, 4.69) is 230 Å². The number of rotatable bonds is 6. The van der Waals surface area contributed by atoms with Crippen molar-refractivity contribution in [1.29, 1.82) is 0 Å². The van der Waals surface area contributed by atoms with Crippen LogP contribution in [0.3, 0.4) is 0 Å². The third-order valence-corrected chi connectivity index (χ3v) is 6.44. The molecule has 10 heteroatoms. The van der Waals surface area contributed by atoms with E-state index in [-0.39, 0.29) is 72.8 Å². The van der Waals surface area contributed by atoms with Gasteiger partial charge in [-0.05, 0) is 88.2 Å². The van der Waals surface area contributed by atoms with Crippen molar-refractivity contribution in [3.05, 3.63) is 157 Å². The van der Waals surface area contributed by atoms with Crippen LogP contribution in [0.25, 0.3) is 0 Å². The van der Waals surface area contributed by atoms with E-state index in [9.17, 15) is 0 Å². The van der Waals surface area contributed by atoms with Crippen LogP contribution in [0.1, 0.15) is 180 Å². The standard InChI is InChI=1S/2C8H10.2C7H13N3.C6H5.C4H3N2.4C4H10.CH4.2Y/c2*1-2-8-6-4-3-5-7-8;2*1-4-7-5-10(6(2)3)9-8-7;1-2-4-6-5-3-1;1-2-5-4-6-3-1;4*1-4(2)3;;;/h2*3-7H,2H2,1H3;2*5-6H,4H2,1-3H3;1-5H;1-3H;4*4H,1-3H3;1H4;;/q;;;;2*-1;;;;;;;. The molecule has 0 amide bonds. The molecule has 374 valence electrons. The summed E-state index contributed by atoms with van der Waals surface area (Å²) in [4.78, 5) is 7.10. The molecule has 67 heavy (non-hydrogen) atoms. The van der Waals surface area contributed by atoms with E-state index in [1.165, 1.54) is 11.1 Å². The van der Waals surface area contributed by atoms with Crippen molar-refractivity contribution in [3.63, 3.8) is 0 Å². The Morgan fingerprint density at radius 2 is 0.701 bits per heavy atom. The summed E-state index contributed by atoms with van der Waals surface area (Å²) in [5, 5.41) is 15.8. The Morgan fingerprint density at radius 3 is 0.821 bits per heavy atom. The van der Waals surface area contributed by atoms with E-state index < -0.39 is 0 Å². The molecule has 0 saturated heterocycles. The van der Waals surface area contributed by atoms with Gasteiger partial charge in [0.1, 0.15) is 0 Å². The first-order chi connectivity index (χ1) is 30.3. The van der Waals surface area contributed by atoms with Crippen molar-refractivity contribution in [3.8, 4) is 0 Å². The quantitative estimate of drug-likeness (QED) is 0.154. The van der Waals surface area contributed by atoms with Crippen molar-refractivity contribution in [2.75, 3.05) is 0 Å². The molecule has 6 aromatic rings. The van der Waals surface area contributed by atoms with Gasteiger partial charge in [-0.25, -0.2) is 9.36 Å². The first-order valence-electron chi connectivity index (χ1n) is 23.7. The third-order valence-electron chi connectivity index (χ3n) is 6.44. The van der Waals surface area contributed by atoms with Crippen LogP contribution in [0.5, 0.6) is 0 Å². The molecule has 3 heterocycles. The summed E-state index contributed by atoms with van der Waals surface area (Å²) >= 11 is 0. The topological polar surface area (TPSA) is 87.2 Å². The summed E-state index contributed by atoms with van der Waals surface area (Å²) in [6.45, 7) is 42.8. The van der Waals surface area contributed by atoms with Gasteiger partial charge >= 0.3 is 0 Å². The normalized spacial score (nSPS) is 8.99. The van der Waals surface area contributed by atoms with Gasteiger partial charge in [0, 0.05) is 96.2 Å². The maximum Gasteiger partial charge on any atom is 0.0824 e. The van der Waals surface area contributed by atoms with Gasteiger partial charge in [0.05, 0.1) is 11.4 Å². The van der Waals surface area contributed by atoms with Gasteiger partial charge in [0.25, 0.3) is 0 Å². The Morgan fingerprint density at radius 1 is 0.418 bits per heavy atom. The molecule has 0 fully saturated rings. The summed E-state index contributed by atoms with van der Waals surface area (Å²) in [5.41, 5.74) is 4.95. The van der Waals surface area contributed by atoms with Gasteiger partial charge in [-0.1, -0.05) is 202 Å². The van der Waals surface area contributed by atoms with Gasteiger partial charge in [0.2, 0.25) is 0 Å². The number of aryl methyl sites for hydroxylation is 4. The zero-order chi connectivity index (χ0) is 49.6. The molecule has 8 nitrogen and oxygen atoms in total. The SMILES string of the molecule is C.CC(C)C.CC(C)C.CC(C)C.CC(C)C.CCc1ccccc1.CCc1ccccc1.CCc1cn(C(C)C)nn1.CCc1cn(C(C)C)nn1.[Y].[Y].[c-]1ccccc1.[c-]1ncccn1. The zero-order valence-electron chi connectivity index (χ0n) is 45.6. The summed E-state index contributed by atoms with van der Waals surface area (Å²) in [7, 11) is 0. The molecule has 0 N–H and O–H groups in total. The van der Waals surface area contributed by atoms with Crippen LogP contribution in [-0.2, 0) is 91.1 Å². The number of benzene rings is 3. The first kappa shape index (κ1) is 78.4. The summed E-state index contributed by atoms with van der Waals surface area (Å²) in [6.07, 6.45) is 13.8. The van der Waals surface area contributed by atoms with E-state index >= 15 is 0 Å². The van der Waals surface area contributed by atoms with E-state index in [1.54, 1.807) is 18.5 Å². The molecule has 6 rings (SSSR count). The second kappa shape index (κ2) is 57.5. The number of hydrogen-bond donors (Lipinski definition) is 0. The molecule has 0 spiro atoms. The van der Waals surface area contributed by atoms with Crippen LogP contribution in [0, 0.1) is 36.1 Å². The number of nitrogens with zero attached hydrogens (tertiary/aromatic N) is 8. The van der Waals surface area contributed by atoms with Gasteiger partial charge in [-0.2, -0.15) is 36.4 Å². The van der Waals surface area contributed by atoms with Crippen molar-refractivity contribution in [1.82, 2.24) is 40.0 Å². The Balaban J connectivity index is -0.000000121. The van der Waals surface area contributed by atoms with E-state index in [1.807, 2.05) is 64.2 Å². The van der Waals surface area contributed by atoms with Crippen LogP contribution < -0.4 is 0 Å². The monoisotopic (exact) mass is 1070 g/mol. The summed E-state index contributed by atoms with van der Waals surface area (Å²) in [5.74, 6) is 3.33. The van der Waals surface area contributed by atoms with Crippen molar-refractivity contribution in [2.24, 2.45) is 23.7 Å².